The van der Waals surface area contributed by atoms with E-state index >= 15 is 0 Å². The highest BCUT2D eigenvalue weighted by Gasteiger charge is 2.17. The van der Waals surface area contributed by atoms with Gasteiger partial charge in [0.2, 0.25) is 0 Å². The summed E-state index contributed by atoms with van der Waals surface area (Å²) in [6.07, 6.45) is 6.75. The summed E-state index contributed by atoms with van der Waals surface area (Å²) in [5, 5.41) is 1.18. The average Bonchev–Trinajstić information content (AvgIpc) is 2.61. The molecule has 0 bridgehead atoms. The fourth-order valence-corrected chi connectivity index (χ4v) is 2.53. The number of halogens is 1. The molecule has 1 saturated heterocycles. The molecule has 84 valence electrons. The van der Waals surface area contributed by atoms with Crippen LogP contribution in [-0.4, -0.2) is 22.3 Å². The summed E-state index contributed by atoms with van der Waals surface area (Å²) in [7, 11) is 0. The fourth-order valence-electron chi connectivity index (χ4n) is 2.08. The first-order chi connectivity index (χ1) is 7.84. The van der Waals surface area contributed by atoms with Gasteiger partial charge in [-0.1, -0.05) is 0 Å². The first-order valence-electron chi connectivity index (χ1n) is 5.55. The molecule has 0 amide bonds. The molecule has 1 aliphatic rings. The lowest BCUT2D eigenvalue weighted by atomic mass is 10.1. The second-order valence-corrected chi connectivity index (χ2v) is 4.86. The van der Waals surface area contributed by atoms with Crippen LogP contribution in [0.5, 0.6) is 0 Å². The molecule has 2 aromatic heterocycles. The number of hydrogen-bond donors (Lipinski definition) is 0. The Bertz CT molecular complexity index is 505. The van der Waals surface area contributed by atoms with Crippen molar-refractivity contribution in [3.8, 4) is 0 Å². The van der Waals surface area contributed by atoms with E-state index in [9.17, 15) is 0 Å². The molecule has 1 aliphatic heterocycles. The maximum Gasteiger partial charge on any atom is 0.115 e. The predicted molar refractivity (Wildman–Crippen MR) is 66.4 cm³/mol. The predicted octanol–water partition coefficient (Wildman–Crippen LogP) is 2.98. The van der Waals surface area contributed by atoms with Crippen molar-refractivity contribution >= 4 is 26.8 Å². The standard InChI is InChI=1S/C12H13BrN2O/c13-12-10-3-7-15(11(10)1-5-14-12)6-2-9-4-8-16-9/h1,3,5,7,9H,2,4,6,8H2. The monoisotopic (exact) mass is 280 g/mol. The summed E-state index contributed by atoms with van der Waals surface area (Å²) in [4.78, 5) is 4.22. The van der Waals surface area contributed by atoms with E-state index in [4.69, 9.17) is 4.74 Å². The zero-order valence-electron chi connectivity index (χ0n) is 8.90. The summed E-state index contributed by atoms with van der Waals surface area (Å²) < 4.78 is 8.62. The van der Waals surface area contributed by atoms with Crippen LogP contribution in [0.4, 0.5) is 0 Å². The Balaban J connectivity index is 1.83. The first kappa shape index (κ1) is 10.3. The van der Waals surface area contributed by atoms with Crippen LogP contribution in [0.1, 0.15) is 12.8 Å². The van der Waals surface area contributed by atoms with Crippen LogP contribution in [0.25, 0.3) is 10.9 Å². The van der Waals surface area contributed by atoms with Crippen molar-refractivity contribution in [2.24, 2.45) is 0 Å². The zero-order valence-corrected chi connectivity index (χ0v) is 10.5. The van der Waals surface area contributed by atoms with Crippen molar-refractivity contribution in [2.75, 3.05) is 6.61 Å². The van der Waals surface area contributed by atoms with Crippen LogP contribution in [0.15, 0.2) is 29.1 Å². The highest BCUT2D eigenvalue weighted by atomic mass is 79.9. The molecule has 3 nitrogen and oxygen atoms in total. The van der Waals surface area contributed by atoms with Gasteiger partial charge in [0, 0.05) is 30.9 Å². The number of ether oxygens (including phenoxy) is 1. The van der Waals surface area contributed by atoms with Gasteiger partial charge < -0.3 is 9.30 Å². The smallest absolute Gasteiger partial charge is 0.115 e. The van der Waals surface area contributed by atoms with E-state index < -0.39 is 0 Å². The molecule has 3 rings (SSSR count). The van der Waals surface area contributed by atoms with Crippen molar-refractivity contribution in [2.45, 2.75) is 25.5 Å². The Labute approximate surface area is 103 Å². The molecule has 0 saturated carbocycles. The van der Waals surface area contributed by atoms with E-state index in [0.29, 0.717) is 6.10 Å². The topological polar surface area (TPSA) is 27.1 Å². The second kappa shape index (κ2) is 4.18. The minimum Gasteiger partial charge on any atom is -0.378 e. The summed E-state index contributed by atoms with van der Waals surface area (Å²) >= 11 is 3.47. The van der Waals surface area contributed by atoms with E-state index in [-0.39, 0.29) is 0 Å². The van der Waals surface area contributed by atoms with Gasteiger partial charge in [0.1, 0.15) is 4.60 Å². The van der Waals surface area contributed by atoms with Crippen LogP contribution in [0.3, 0.4) is 0 Å². The number of hydrogen-bond acceptors (Lipinski definition) is 2. The number of fused-ring (bicyclic) bond motifs is 1. The van der Waals surface area contributed by atoms with E-state index in [1.807, 2.05) is 6.20 Å². The van der Waals surface area contributed by atoms with Crippen molar-refractivity contribution in [1.29, 1.82) is 0 Å². The SMILES string of the molecule is Brc1nccc2c1ccn2CCC1CCO1. The lowest BCUT2D eigenvalue weighted by Gasteiger charge is -2.26. The van der Waals surface area contributed by atoms with Gasteiger partial charge in [0.15, 0.2) is 0 Å². The third kappa shape index (κ3) is 1.76. The van der Waals surface area contributed by atoms with Gasteiger partial charge >= 0.3 is 0 Å². The minimum absolute atomic E-state index is 0.475. The van der Waals surface area contributed by atoms with Crippen molar-refractivity contribution < 1.29 is 4.74 Å². The van der Waals surface area contributed by atoms with Gasteiger partial charge in [-0.2, -0.15) is 0 Å². The first-order valence-corrected chi connectivity index (χ1v) is 6.35. The molecular formula is C12H13BrN2O. The lowest BCUT2D eigenvalue weighted by Crippen LogP contribution is -2.27. The second-order valence-electron chi connectivity index (χ2n) is 4.11. The number of pyridine rings is 1. The van der Waals surface area contributed by atoms with Gasteiger partial charge in [0.05, 0.1) is 11.6 Å². The largest absolute Gasteiger partial charge is 0.378 e. The number of aryl methyl sites for hydroxylation is 1. The molecule has 1 atom stereocenters. The quantitative estimate of drug-likeness (QED) is 0.809. The fraction of sp³-hybridized carbons (Fsp3) is 0.417. The Morgan fingerprint density at radius 2 is 2.38 bits per heavy atom. The summed E-state index contributed by atoms with van der Waals surface area (Å²) in [5.41, 5.74) is 1.24. The molecule has 0 aromatic carbocycles. The van der Waals surface area contributed by atoms with Crippen molar-refractivity contribution in [3.63, 3.8) is 0 Å². The Hall–Kier alpha value is -0.870. The maximum absolute atomic E-state index is 5.43. The van der Waals surface area contributed by atoms with Gasteiger partial charge in [0.25, 0.3) is 0 Å². The molecule has 2 aromatic rings. The molecule has 1 fully saturated rings. The Morgan fingerprint density at radius 1 is 1.50 bits per heavy atom. The van der Waals surface area contributed by atoms with Crippen LogP contribution in [0.2, 0.25) is 0 Å². The van der Waals surface area contributed by atoms with Gasteiger partial charge in [-0.3, -0.25) is 0 Å². The number of nitrogens with zero attached hydrogens (tertiary/aromatic N) is 2. The molecule has 3 heterocycles. The molecule has 0 radical (unpaired) electrons. The van der Waals surface area contributed by atoms with Crippen molar-refractivity contribution in [1.82, 2.24) is 9.55 Å². The lowest BCUT2D eigenvalue weighted by molar-refractivity contribution is -0.0562. The highest BCUT2D eigenvalue weighted by Crippen LogP contribution is 2.23. The van der Waals surface area contributed by atoms with Crippen LogP contribution < -0.4 is 0 Å². The van der Waals surface area contributed by atoms with E-state index in [0.717, 1.165) is 24.2 Å². The van der Waals surface area contributed by atoms with Gasteiger partial charge in [-0.05, 0) is 40.9 Å². The number of aromatic nitrogens is 2. The summed E-state index contributed by atoms with van der Waals surface area (Å²) in [5.74, 6) is 0. The van der Waals surface area contributed by atoms with Crippen LogP contribution >= 0.6 is 15.9 Å². The molecule has 0 spiro atoms. The Morgan fingerprint density at radius 3 is 3.12 bits per heavy atom. The normalized spacial score (nSPS) is 19.9. The molecule has 1 unspecified atom stereocenters. The molecule has 0 aliphatic carbocycles. The van der Waals surface area contributed by atoms with Crippen LogP contribution in [0, 0.1) is 0 Å². The number of rotatable bonds is 3. The highest BCUT2D eigenvalue weighted by molar-refractivity contribution is 9.10. The van der Waals surface area contributed by atoms with Crippen LogP contribution in [-0.2, 0) is 11.3 Å². The van der Waals surface area contributed by atoms with E-state index in [1.54, 1.807) is 0 Å². The zero-order chi connectivity index (χ0) is 11.0. The molecule has 16 heavy (non-hydrogen) atoms. The van der Waals surface area contributed by atoms with Crippen molar-refractivity contribution in [3.05, 3.63) is 29.1 Å². The molecule has 0 N–H and O–H groups in total. The Kier molecular flexibility index (Phi) is 2.69. The average molecular weight is 281 g/mol. The molecular weight excluding hydrogens is 268 g/mol. The van der Waals surface area contributed by atoms with Gasteiger partial charge in [-0.25, -0.2) is 4.98 Å². The third-order valence-electron chi connectivity index (χ3n) is 3.13. The van der Waals surface area contributed by atoms with E-state index in [2.05, 4.69) is 43.8 Å². The summed E-state index contributed by atoms with van der Waals surface area (Å²) in [6.45, 7) is 1.96. The molecule has 4 heteroatoms. The third-order valence-corrected chi connectivity index (χ3v) is 3.77. The van der Waals surface area contributed by atoms with E-state index in [1.165, 1.54) is 17.3 Å². The minimum atomic E-state index is 0.475. The summed E-state index contributed by atoms with van der Waals surface area (Å²) in [6, 6.07) is 4.16. The van der Waals surface area contributed by atoms with Gasteiger partial charge in [-0.15, -0.1) is 0 Å². The maximum atomic E-state index is 5.43.